The Labute approximate surface area is 138 Å². The highest BCUT2D eigenvalue weighted by Gasteiger charge is 2.27. The van der Waals surface area contributed by atoms with Crippen LogP contribution in [0.3, 0.4) is 0 Å². The Morgan fingerprint density at radius 1 is 1.32 bits per heavy atom. The summed E-state index contributed by atoms with van der Waals surface area (Å²) < 4.78 is 5.62. The molecule has 0 radical (unpaired) electrons. The fourth-order valence-electron chi connectivity index (χ4n) is 3.31. The lowest BCUT2D eigenvalue weighted by Gasteiger charge is -2.26. The molecule has 1 saturated heterocycles. The minimum Gasteiger partial charge on any atom is -0.493 e. The molecule has 2 atom stereocenters. The van der Waals surface area contributed by atoms with E-state index in [1.165, 1.54) is 12.8 Å². The molecule has 1 aromatic carbocycles. The Morgan fingerprint density at radius 3 is 3.00 bits per heavy atom. The van der Waals surface area contributed by atoms with Crippen LogP contribution < -0.4 is 15.4 Å². The van der Waals surface area contributed by atoms with Crippen LogP contribution in [-0.4, -0.2) is 32.1 Å². The van der Waals surface area contributed by atoms with Crippen molar-refractivity contribution >= 4 is 18.3 Å². The molecular formula is C17H25ClN2O2. The third kappa shape index (κ3) is 4.14. The summed E-state index contributed by atoms with van der Waals surface area (Å²) in [5.41, 5.74) is 1.03. The first kappa shape index (κ1) is 17.1. The van der Waals surface area contributed by atoms with E-state index in [0.717, 1.165) is 43.8 Å². The van der Waals surface area contributed by atoms with Gasteiger partial charge in [-0.05, 0) is 50.8 Å². The molecule has 1 amide bonds. The van der Waals surface area contributed by atoms with E-state index >= 15 is 0 Å². The number of benzene rings is 1. The molecule has 4 nitrogen and oxygen atoms in total. The minimum atomic E-state index is -0.0561. The van der Waals surface area contributed by atoms with Crippen LogP contribution in [-0.2, 0) is 4.79 Å². The number of amides is 1. The molecule has 2 N–H and O–H groups in total. The number of para-hydroxylation sites is 1. The Morgan fingerprint density at radius 2 is 2.18 bits per heavy atom. The molecule has 0 saturated carbocycles. The quantitative estimate of drug-likeness (QED) is 0.894. The van der Waals surface area contributed by atoms with Gasteiger partial charge in [-0.25, -0.2) is 0 Å². The maximum absolute atomic E-state index is 12.4. The van der Waals surface area contributed by atoms with Crippen LogP contribution in [0.15, 0.2) is 24.3 Å². The number of piperidine rings is 1. The largest absolute Gasteiger partial charge is 0.493 e. The van der Waals surface area contributed by atoms with Crippen LogP contribution in [0.25, 0.3) is 0 Å². The second kappa shape index (κ2) is 8.39. The molecule has 2 heterocycles. The van der Waals surface area contributed by atoms with Crippen LogP contribution in [0, 0.1) is 5.92 Å². The van der Waals surface area contributed by atoms with Gasteiger partial charge in [-0.1, -0.05) is 18.2 Å². The van der Waals surface area contributed by atoms with Gasteiger partial charge in [0.15, 0.2) is 0 Å². The van der Waals surface area contributed by atoms with E-state index in [-0.39, 0.29) is 24.2 Å². The first-order valence-corrected chi connectivity index (χ1v) is 8.05. The fourth-order valence-corrected chi connectivity index (χ4v) is 3.31. The van der Waals surface area contributed by atoms with E-state index in [1.807, 2.05) is 24.3 Å². The normalized spacial score (nSPS) is 23.6. The summed E-state index contributed by atoms with van der Waals surface area (Å²) >= 11 is 0. The van der Waals surface area contributed by atoms with E-state index in [0.29, 0.717) is 12.5 Å². The number of rotatable bonds is 4. The summed E-state index contributed by atoms with van der Waals surface area (Å²) in [4.78, 5) is 12.4. The highest BCUT2D eigenvalue weighted by atomic mass is 35.5. The van der Waals surface area contributed by atoms with E-state index in [4.69, 9.17) is 4.74 Å². The first-order valence-electron chi connectivity index (χ1n) is 8.05. The lowest BCUT2D eigenvalue weighted by molar-refractivity contribution is -0.123. The van der Waals surface area contributed by atoms with Crippen molar-refractivity contribution < 1.29 is 9.53 Å². The zero-order chi connectivity index (χ0) is 14.5. The molecule has 22 heavy (non-hydrogen) atoms. The van der Waals surface area contributed by atoms with Crippen LogP contribution in [0.1, 0.15) is 37.2 Å². The molecule has 5 heteroatoms. The second-order valence-electron chi connectivity index (χ2n) is 6.02. The van der Waals surface area contributed by atoms with Gasteiger partial charge >= 0.3 is 0 Å². The SMILES string of the molecule is Cl.O=C(NCCC1CCCNC1)C1CCOc2ccccc21. The second-order valence-corrected chi connectivity index (χ2v) is 6.02. The fraction of sp³-hybridized carbons (Fsp3) is 0.588. The number of nitrogens with one attached hydrogen (secondary N) is 2. The Kier molecular flexibility index (Phi) is 6.52. The zero-order valence-corrected chi connectivity index (χ0v) is 13.7. The van der Waals surface area contributed by atoms with Gasteiger partial charge < -0.3 is 15.4 Å². The van der Waals surface area contributed by atoms with Crippen molar-refractivity contribution in [2.24, 2.45) is 5.92 Å². The third-order valence-electron chi connectivity index (χ3n) is 4.53. The summed E-state index contributed by atoms with van der Waals surface area (Å²) in [7, 11) is 0. The van der Waals surface area contributed by atoms with Gasteiger partial charge in [-0.15, -0.1) is 12.4 Å². The van der Waals surface area contributed by atoms with Crippen molar-refractivity contribution in [1.29, 1.82) is 0 Å². The molecule has 0 aliphatic carbocycles. The highest BCUT2D eigenvalue weighted by Crippen LogP contribution is 2.33. The van der Waals surface area contributed by atoms with E-state index < -0.39 is 0 Å². The molecule has 3 rings (SSSR count). The van der Waals surface area contributed by atoms with Crippen molar-refractivity contribution in [2.45, 2.75) is 31.6 Å². The number of hydrogen-bond donors (Lipinski definition) is 2. The van der Waals surface area contributed by atoms with Gasteiger partial charge in [0.1, 0.15) is 5.75 Å². The van der Waals surface area contributed by atoms with Gasteiger partial charge in [0.05, 0.1) is 12.5 Å². The average molecular weight is 325 g/mol. The maximum Gasteiger partial charge on any atom is 0.227 e. The predicted octanol–water partition coefficient (Wildman–Crippen LogP) is 2.48. The molecule has 0 spiro atoms. The molecule has 2 aliphatic rings. The highest BCUT2D eigenvalue weighted by molar-refractivity contribution is 5.85. The van der Waals surface area contributed by atoms with E-state index in [1.54, 1.807) is 0 Å². The lowest BCUT2D eigenvalue weighted by atomic mass is 9.92. The van der Waals surface area contributed by atoms with Crippen molar-refractivity contribution in [3.63, 3.8) is 0 Å². The Bertz CT molecular complexity index is 489. The number of ether oxygens (including phenoxy) is 1. The third-order valence-corrected chi connectivity index (χ3v) is 4.53. The number of halogens is 1. The van der Waals surface area contributed by atoms with E-state index in [9.17, 15) is 4.79 Å². The number of fused-ring (bicyclic) bond motifs is 1. The molecular weight excluding hydrogens is 300 g/mol. The smallest absolute Gasteiger partial charge is 0.227 e. The summed E-state index contributed by atoms with van der Waals surface area (Å²) in [5, 5.41) is 6.54. The number of carbonyl (C=O) groups excluding carboxylic acids is 1. The molecule has 2 aliphatic heterocycles. The molecule has 0 aromatic heterocycles. The van der Waals surface area contributed by atoms with Gasteiger partial charge in [0.25, 0.3) is 0 Å². The molecule has 1 aromatic rings. The van der Waals surface area contributed by atoms with Crippen LogP contribution in [0.5, 0.6) is 5.75 Å². The van der Waals surface area contributed by atoms with Crippen molar-refractivity contribution in [3.8, 4) is 5.75 Å². The van der Waals surface area contributed by atoms with Gasteiger partial charge in [-0.2, -0.15) is 0 Å². The maximum atomic E-state index is 12.4. The molecule has 0 bridgehead atoms. The van der Waals surface area contributed by atoms with Crippen LogP contribution in [0.2, 0.25) is 0 Å². The molecule has 2 unspecified atom stereocenters. The predicted molar refractivity (Wildman–Crippen MR) is 89.8 cm³/mol. The summed E-state index contributed by atoms with van der Waals surface area (Å²) in [6.45, 7) is 3.64. The monoisotopic (exact) mass is 324 g/mol. The Balaban J connectivity index is 0.00000176. The van der Waals surface area contributed by atoms with Crippen LogP contribution >= 0.6 is 12.4 Å². The Hall–Kier alpha value is -1.26. The summed E-state index contributed by atoms with van der Waals surface area (Å²) in [6.07, 6.45) is 4.38. The van der Waals surface area contributed by atoms with Gasteiger partial charge in [0.2, 0.25) is 5.91 Å². The van der Waals surface area contributed by atoms with Crippen molar-refractivity contribution in [3.05, 3.63) is 29.8 Å². The standard InChI is InChI=1S/C17H24N2O2.ClH/c20-17(19-10-7-13-4-3-9-18-12-13)15-8-11-21-16-6-2-1-5-14(15)16;/h1-2,5-6,13,15,18H,3-4,7-12H2,(H,19,20);1H. The summed E-state index contributed by atoms with van der Waals surface area (Å²) in [6, 6.07) is 7.88. The van der Waals surface area contributed by atoms with E-state index in [2.05, 4.69) is 10.6 Å². The van der Waals surface area contributed by atoms with Crippen molar-refractivity contribution in [2.75, 3.05) is 26.2 Å². The number of carbonyl (C=O) groups is 1. The van der Waals surface area contributed by atoms with Gasteiger partial charge in [-0.3, -0.25) is 4.79 Å². The average Bonchev–Trinajstić information content (AvgIpc) is 2.55. The molecule has 1 fully saturated rings. The molecule has 122 valence electrons. The number of hydrogen-bond acceptors (Lipinski definition) is 3. The first-order chi connectivity index (χ1) is 10.3. The minimum absolute atomic E-state index is 0. The van der Waals surface area contributed by atoms with Crippen LogP contribution in [0.4, 0.5) is 0 Å². The summed E-state index contributed by atoms with van der Waals surface area (Å²) in [5.74, 6) is 1.66. The van der Waals surface area contributed by atoms with Gasteiger partial charge in [0, 0.05) is 12.1 Å². The topological polar surface area (TPSA) is 50.4 Å². The van der Waals surface area contributed by atoms with Crippen molar-refractivity contribution in [1.82, 2.24) is 10.6 Å². The zero-order valence-electron chi connectivity index (χ0n) is 12.8. The lowest BCUT2D eigenvalue weighted by Crippen LogP contribution is -2.36.